The van der Waals surface area contributed by atoms with Crippen molar-refractivity contribution in [2.75, 3.05) is 6.54 Å². The second-order valence-corrected chi connectivity index (χ2v) is 6.74. The van der Waals surface area contributed by atoms with Gasteiger partial charge in [0.25, 0.3) is 0 Å². The quantitative estimate of drug-likeness (QED) is 0.844. The Morgan fingerprint density at radius 1 is 1.37 bits per heavy atom. The van der Waals surface area contributed by atoms with E-state index >= 15 is 0 Å². The Balaban J connectivity index is 1.90. The van der Waals surface area contributed by atoms with Gasteiger partial charge in [0, 0.05) is 17.0 Å². The number of aliphatic hydroxyl groups excluding tert-OH is 1. The summed E-state index contributed by atoms with van der Waals surface area (Å²) in [6.07, 6.45) is 2.86. The lowest BCUT2D eigenvalue weighted by molar-refractivity contribution is 0.155. The van der Waals surface area contributed by atoms with Crippen molar-refractivity contribution in [2.24, 2.45) is 5.92 Å². The summed E-state index contributed by atoms with van der Waals surface area (Å²) in [4.78, 5) is 0. The molecule has 1 aliphatic rings. The monoisotopic (exact) mass is 301 g/mol. The average molecular weight is 302 g/mol. The molecule has 1 saturated carbocycles. The second-order valence-electron chi connectivity index (χ2n) is 4.65. The molecule has 104 valence electrons. The first-order chi connectivity index (χ1) is 8.96. The molecule has 0 amide bonds. The Hall–Kier alpha value is -0.880. The van der Waals surface area contributed by atoms with E-state index < -0.39 is 16.1 Å². The Kier molecular flexibility index (Phi) is 4.62. The van der Waals surface area contributed by atoms with Crippen LogP contribution in [-0.4, -0.2) is 26.2 Å². The summed E-state index contributed by atoms with van der Waals surface area (Å²) in [6, 6.07) is 6.84. The molecule has 0 spiro atoms. The zero-order valence-corrected chi connectivity index (χ0v) is 11.9. The Labute approximate surface area is 118 Å². The predicted octanol–water partition coefficient (Wildman–Crippen LogP) is 2.00. The van der Waals surface area contributed by atoms with E-state index in [1.54, 1.807) is 24.3 Å². The lowest BCUT2D eigenvalue weighted by Gasteiger charge is -2.08. The first kappa shape index (κ1) is 14.5. The number of hydrogen-bond donors (Lipinski definition) is 2. The van der Waals surface area contributed by atoms with Crippen LogP contribution in [0.4, 0.5) is 0 Å². The van der Waals surface area contributed by atoms with Crippen LogP contribution < -0.4 is 4.72 Å². The van der Waals surface area contributed by atoms with Gasteiger partial charge in [-0.15, -0.1) is 0 Å². The van der Waals surface area contributed by atoms with Gasteiger partial charge in [-0.1, -0.05) is 23.7 Å². The summed E-state index contributed by atoms with van der Waals surface area (Å²) < 4.78 is 25.7. The van der Waals surface area contributed by atoms with Gasteiger partial charge in [-0.2, -0.15) is 0 Å². The number of sulfonamides is 1. The van der Waals surface area contributed by atoms with Crippen LogP contribution in [0.3, 0.4) is 0 Å². The zero-order valence-electron chi connectivity index (χ0n) is 10.3. The van der Waals surface area contributed by atoms with Gasteiger partial charge >= 0.3 is 0 Å². The molecule has 6 heteroatoms. The maximum absolute atomic E-state index is 11.7. The van der Waals surface area contributed by atoms with Crippen molar-refractivity contribution >= 4 is 27.7 Å². The largest absolute Gasteiger partial charge is 0.391 e. The van der Waals surface area contributed by atoms with E-state index in [1.165, 1.54) is 6.08 Å². The molecule has 1 fully saturated rings. The average Bonchev–Trinajstić information content (AvgIpc) is 3.20. The van der Waals surface area contributed by atoms with E-state index in [1.807, 2.05) is 0 Å². The van der Waals surface area contributed by atoms with Crippen LogP contribution in [0.1, 0.15) is 18.4 Å². The molecule has 0 aliphatic heterocycles. The standard InChI is InChI=1S/C13H16ClNO3S/c14-12-5-1-10(2-6-12)7-8-19(17,18)15-9-13(16)11-3-4-11/h1-2,5-8,11,13,15-16H,3-4,9H2. The zero-order chi connectivity index (χ0) is 13.9. The normalized spacial score (nSPS) is 17.8. The van der Waals surface area contributed by atoms with E-state index in [9.17, 15) is 13.5 Å². The van der Waals surface area contributed by atoms with Crippen molar-refractivity contribution in [2.45, 2.75) is 18.9 Å². The molecule has 2 N–H and O–H groups in total. The highest BCUT2D eigenvalue weighted by Crippen LogP contribution is 2.32. The van der Waals surface area contributed by atoms with E-state index in [0.717, 1.165) is 23.8 Å². The molecule has 1 aromatic carbocycles. The fraction of sp³-hybridized carbons (Fsp3) is 0.385. The summed E-state index contributed by atoms with van der Waals surface area (Å²) in [7, 11) is -3.51. The smallest absolute Gasteiger partial charge is 0.233 e. The van der Waals surface area contributed by atoms with Crippen molar-refractivity contribution in [3.05, 3.63) is 40.3 Å². The van der Waals surface area contributed by atoms with Gasteiger partial charge in [0.15, 0.2) is 0 Å². The van der Waals surface area contributed by atoms with Crippen LogP contribution in [-0.2, 0) is 10.0 Å². The number of aliphatic hydroxyl groups is 1. The maximum Gasteiger partial charge on any atom is 0.233 e. The first-order valence-corrected chi connectivity index (χ1v) is 8.00. The Morgan fingerprint density at radius 2 is 2.00 bits per heavy atom. The Morgan fingerprint density at radius 3 is 2.58 bits per heavy atom. The fourth-order valence-electron chi connectivity index (χ4n) is 1.64. The summed E-state index contributed by atoms with van der Waals surface area (Å²) >= 11 is 5.74. The molecule has 2 rings (SSSR count). The molecule has 0 radical (unpaired) electrons. The maximum atomic E-state index is 11.7. The first-order valence-electron chi connectivity index (χ1n) is 6.08. The Bertz CT molecular complexity index is 550. The highest BCUT2D eigenvalue weighted by Gasteiger charge is 2.29. The topological polar surface area (TPSA) is 66.4 Å². The molecule has 0 saturated heterocycles. The molecule has 0 heterocycles. The number of nitrogens with one attached hydrogen (secondary N) is 1. The van der Waals surface area contributed by atoms with Gasteiger partial charge < -0.3 is 5.11 Å². The predicted molar refractivity (Wildman–Crippen MR) is 76.1 cm³/mol. The summed E-state index contributed by atoms with van der Waals surface area (Å²) in [6.45, 7) is 0.0674. The van der Waals surface area contributed by atoms with Crippen molar-refractivity contribution < 1.29 is 13.5 Å². The summed E-state index contributed by atoms with van der Waals surface area (Å²) in [5, 5.41) is 11.3. The van der Waals surface area contributed by atoms with Crippen LogP contribution in [0.2, 0.25) is 5.02 Å². The molecule has 1 aliphatic carbocycles. The van der Waals surface area contributed by atoms with Crippen molar-refractivity contribution in [3.63, 3.8) is 0 Å². The van der Waals surface area contributed by atoms with Crippen molar-refractivity contribution in [1.82, 2.24) is 4.72 Å². The highest BCUT2D eigenvalue weighted by molar-refractivity contribution is 7.92. The second kappa shape index (κ2) is 6.05. The number of rotatable bonds is 6. The molecule has 1 unspecified atom stereocenters. The van der Waals surface area contributed by atoms with E-state index in [2.05, 4.69) is 4.72 Å². The lowest BCUT2D eigenvalue weighted by atomic mass is 10.2. The van der Waals surface area contributed by atoms with Gasteiger partial charge in [0.1, 0.15) is 0 Å². The minimum atomic E-state index is -3.51. The third-order valence-electron chi connectivity index (χ3n) is 2.97. The molecule has 0 aromatic heterocycles. The van der Waals surface area contributed by atoms with Gasteiger partial charge in [-0.3, -0.25) is 0 Å². The lowest BCUT2D eigenvalue weighted by Crippen LogP contribution is -2.31. The third-order valence-corrected chi connectivity index (χ3v) is 4.28. The molecular weight excluding hydrogens is 286 g/mol. The van der Waals surface area contributed by atoms with Gasteiger partial charge in [0.05, 0.1) is 6.10 Å². The molecular formula is C13H16ClNO3S. The summed E-state index contributed by atoms with van der Waals surface area (Å²) in [5.74, 6) is 0.253. The van der Waals surface area contributed by atoms with Gasteiger partial charge in [-0.05, 0) is 42.5 Å². The van der Waals surface area contributed by atoms with Crippen molar-refractivity contribution in [1.29, 1.82) is 0 Å². The van der Waals surface area contributed by atoms with E-state index in [-0.39, 0.29) is 12.5 Å². The van der Waals surface area contributed by atoms with Crippen LogP contribution in [0, 0.1) is 5.92 Å². The van der Waals surface area contributed by atoms with Crippen LogP contribution >= 0.6 is 11.6 Å². The van der Waals surface area contributed by atoms with Crippen LogP contribution in [0.25, 0.3) is 6.08 Å². The minimum absolute atomic E-state index is 0.0674. The minimum Gasteiger partial charge on any atom is -0.391 e. The summed E-state index contributed by atoms with van der Waals surface area (Å²) in [5.41, 5.74) is 0.748. The number of benzene rings is 1. The third kappa shape index (κ3) is 4.95. The van der Waals surface area contributed by atoms with E-state index in [4.69, 9.17) is 11.6 Å². The molecule has 19 heavy (non-hydrogen) atoms. The van der Waals surface area contributed by atoms with Gasteiger partial charge in [0.2, 0.25) is 10.0 Å². The molecule has 1 atom stereocenters. The van der Waals surface area contributed by atoms with Gasteiger partial charge in [-0.25, -0.2) is 13.1 Å². The van der Waals surface area contributed by atoms with E-state index in [0.29, 0.717) is 5.02 Å². The molecule has 4 nitrogen and oxygen atoms in total. The number of halogens is 1. The number of hydrogen-bond acceptors (Lipinski definition) is 3. The fourth-order valence-corrected chi connectivity index (χ4v) is 2.60. The molecule has 0 bridgehead atoms. The SMILES string of the molecule is O=S(=O)(C=Cc1ccc(Cl)cc1)NCC(O)C1CC1. The highest BCUT2D eigenvalue weighted by atomic mass is 35.5. The van der Waals surface area contributed by atoms with Crippen molar-refractivity contribution in [3.8, 4) is 0 Å². The van der Waals surface area contributed by atoms with Crippen LogP contribution in [0.5, 0.6) is 0 Å². The van der Waals surface area contributed by atoms with Crippen LogP contribution in [0.15, 0.2) is 29.7 Å². The molecule has 1 aromatic rings.